The lowest BCUT2D eigenvalue weighted by molar-refractivity contribution is -0.120. The first kappa shape index (κ1) is 19.7. The van der Waals surface area contributed by atoms with Crippen LogP contribution >= 0.6 is 11.6 Å². The van der Waals surface area contributed by atoms with Gasteiger partial charge in [0.25, 0.3) is 0 Å². The summed E-state index contributed by atoms with van der Waals surface area (Å²) >= 11 is 6.04. The molecule has 5 nitrogen and oxygen atoms in total. The Kier molecular flexibility index (Phi) is 6.27. The molecule has 1 N–H and O–H groups in total. The number of hydrogen-bond donors (Lipinski definition) is 1. The molecule has 150 valence electrons. The van der Waals surface area contributed by atoms with Crippen LogP contribution in [0.5, 0.6) is 0 Å². The number of carbonyl (C=O) groups is 1. The smallest absolute Gasteiger partial charge is 0.224 e. The second-order valence-electron chi connectivity index (χ2n) is 7.24. The Morgan fingerprint density at radius 2 is 1.97 bits per heavy atom. The van der Waals surface area contributed by atoms with Crippen LogP contribution in [-0.4, -0.2) is 34.9 Å². The van der Waals surface area contributed by atoms with Crippen LogP contribution < -0.4 is 5.32 Å². The first-order valence-electron chi connectivity index (χ1n) is 9.97. The molecule has 0 spiro atoms. The molecule has 1 unspecified atom stereocenters. The van der Waals surface area contributed by atoms with Crippen molar-refractivity contribution in [1.29, 1.82) is 0 Å². The Morgan fingerprint density at radius 3 is 2.69 bits per heavy atom. The molecule has 4 rings (SSSR count). The molecule has 3 aromatic rings. The summed E-state index contributed by atoms with van der Waals surface area (Å²) in [4.78, 5) is 12.6. The SMILES string of the molecule is O=C(Cc1cn(-c2ccccc2)nc1-c1ccc(Cl)cc1)NCCC1CCCO1. The van der Waals surface area contributed by atoms with Gasteiger partial charge in [0.15, 0.2) is 0 Å². The predicted octanol–water partition coefficient (Wildman–Crippen LogP) is 4.42. The number of benzene rings is 2. The lowest BCUT2D eigenvalue weighted by Crippen LogP contribution is -2.28. The molecule has 0 aliphatic carbocycles. The third-order valence-electron chi connectivity index (χ3n) is 5.09. The van der Waals surface area contributed by atoms with E-state index in [0.29, 0.717) is 11.6 Å². The summed E-state index contributed by atoms with van der Waals surface area (Å²) in [6, 6.07) is 17.4. The zero-order valence-electron chi connectivity index (χ0n) is 16.2. The van der Waals surface area contributed by atoms with Gasteiger partial charge in [0.05, 0.1) is 23.9 Å². The summed E-state index contributed by atoms with van der Waals surface area (Å²) in [5.41, 5.74) is 3.56. The molecule has 2 aromatic carbocycles. The number of halogens is 1. The Bertz CT molecular complexity index is 948. The fraction of sp³-hybridized carbons (Fsp3) is 0.304. The average Bonchev–Trinajstić information content (AvgIpc) is 3.40. The number of hydrogen-bond acceptors (Lipinski definition) is 3. The second kappa shape index (κ2) is 9.25. The van der Waals surface area contributed by atoms with E-state index in [1.165, 1.54) is 0 Å². The van der Waals surface area contributed by atoms with Crippen LogP contribution in [0.3, 0.4) is 0 Å². The molecule has 1 amide bonds. The number of nitrogens with one attached hydrogen (secondary N) is 1. The summed E-state index contributed by atoms with van der Waals surface area (Å²) in [5.74, 6) is -0.00850. The molecule has 1 saturated heterocycles. The van der Waals surface area contributed by atoms with Crippen LogP contribution in [0.4, 0.5) is 0 Å². The molecule has 0 radical (unpaired) electrons. The lowest BCUT2D eigenvalue weighted by Gasteiger charge is -2.10. The summed E-state index contributed by atoms with van der Waals surface area (Å²) in [7, 11) is 0. The van der Waals surface area contributed by atoms with Crippen LogP contribution in [0.2, 0.25) is 5.02 Å². The maximum Gasteiger partial charge on any atom is 0.224 e. The van der Waals surface area contributed by atoms with E-state index in [1.807, 2.05) is 65.5 Å². The molecule has 1 aliphatic heterocycles. The monoisotopic (exact) mass is 409 g/mol. The second-order valence-corrected chi connectivity index (χ2v) is 7.68. The third kappa shape index (κ3) is 5.05. The molecule has 0 saturated carbocycles. The normalized spacial score (nSPS) is 16.1. The van der Waals surface area contributed by atoms with Gasteiger partial charge in [-0.25, -0.2) is 4.68 Å². The maximum atomic E-state index is 12.6. The summed E-state index contributed by atoms with van der Waals surface area (Å²) in [6.45, 7) is 1.47. The van der Waals surface area contributed by atoms with Gasteiger partial charge in [-0.1, -0.05) is 41.9 Å². The first-order valence-corrected chi connectivity index (χ1v) is 10.3. The van der Waals surface area contributed by atoms with Gasteiger partial charge in [-0.3, -0.25) is 4.79 Å². The highest BCUT2D eigenvalue weighted by Gasteiger charge is 2.17. The molecule has 2 heterocycles. The van der Waals surface area contributed by atoms with Gasteiger partial charge in [0.1, 0.15) is 0 Å². The van der Waals surface area contributed by atoms with Crippen molar-refractivity contribution in [2.24, 2.45) is 0 Å². The minimum Gasteiger partial charge on any atom is -0.378 e. The fourth-order valence-electron chi connectivity index (χ4n) is 3.58. The number of aromatic nitrogens is 2. The van der Waals surface area contributed by atoms with Gasteiger partial charge >= 0.3 is 0 Å². The quantitative estimate of drug-likeness (QED) is 0.628. The van der Waals surface area contributed by atoms with Gasteiger partial charge < -0.3 is 10.1 Å². The largest absolute Gasteiger partial charge is 0.378 e. The van der Waals surface area contributed by atoms with Crippen molar-refractivity contribution >= 4 is 17.5 Å². The van der Waals surface area contributed by atoms with Gasteiger partial charge in [-0.2, -0.15) is 5.10 Å². The van der Waals surface area contributed by atoms with E-state index in [0.717, 1.165) is 48.4 Å². The highest BCUT2D eigenvalue weighted by molar-refractivity contribution is 6.30. The zero-order valence-corrected chi connectivity index (χ0v) is 16.9. The molecule has 1 aromatic heterocycles. The van der Waals surface area contributed by atoms with Crippen molar-refractivity contribution in [3.8, 4) is 16.9 Å². The van der Waals surface area contributed by atoms with Crippen LogP contribution in [0.25, 0.3) is 16.9 Å². The van der Waals surface area contributed by atoms with Gasteiger partial charge in [-0.05, 0) is 43.5 Å². The molecule has 6 heteroatoms. The van der Waals surface area contributed by atoms with Crippen LogP contribution in [0.15, 0.2) is 60.8 Å². The summed E-state index contributed by atoms with van der Waals surface area (Å²) in [6.07, 6.45) is 5.54. The zero-order chi connectivity index (χ0) is 20.1. The Morgan fingerprint density at radius 1 is 1.17 bits per heavy atom. The summed E-state index contributed by atoms with van der Waals surface area (Å²) < 4.78 is 7.43. The lowest BCUT2D eigenvalue weighted by atomic mass is 10.1. The molecule has 0 bridgehead atoms. The molecule has 29 heavy (non-hydrogen) atoms. The number of rotatable bonds is 7. The van der Waals surface area contributed by atoms with E-state index in [-0.39, 0.29) is 18.4 Å². The highest BCUT2D eigenvalue weighted by Crippen LogP contribution is 2.25. The van der Waals surface area contributed by atoms with Crippen molar-refractivity contribution < 1.29 is 9.53 Å². The van der Waals surface area contributed by atoms with E-state index in [2.05, 4.69) is 5.32 Å². The van der Waals surface area contributed by atoms with Crippen LogP contribution in [0.1, 0.15) is 24.8 Å². The molecular formula is C23H24ClN3O2. The van der Waals surface area contributed by atoms with Crippen molar-refractivity contribution in [2.75, 3.05) is 13.2 Å². The fourth-order valence-corrected chi connectivity index (χ4v) is 3.71. The number of carbonyl (C=O) groups excluding carboxylic acids is 1. The van der Waals surface area contributed by atoms with E-state index in [4.69, 9.17) is 21.4 Å². The number of nitrogens with zero attached hydrogens (tertiary/aromatic N) is 2. The standard InChI is InChI=1S/C23H24ClN3O2/c24-19-10-8-17(9-11-19)23-18(16-27(26-23)20-5-2-1-3-6-20)15-22(28)25-13-12-21-7-4-14-29-21/h1-3,5-6,8-11,16,21H,4,7,12-15H2,(H,25,28). The topological polar surface area (TPSA) is 56.2 Å². The van der Waals surface area contributed by atoms with Crippen LogP contribution in [-0.2, 0) is 16.0 Å². The van der Waals surface area contributed by atoms with Crippen molar-refractivity contribution in [3.05, 3.63) is 71.4 Å². The summed E-state index contributed by atoms with van der Waals surface area (Å²) in [5, 5.41) is 8.44. The highest BCUT2D eigenvalue weighted by atomic mass is 35.5. The van der Waals surface area contributed by atoms with Crippen molar-refractivity contribution in [3.63, 3.8) is 0 Å². The number of para-hydroxylation sites is 1. The van der Waals surface area contributed by atoms with E-state index in [1.54, 1.807) is 0 Å². The van der Waals surface area contributed by atoms with Crippen molar-refractivity contribution in [2.45, 2.75) is 31.8 Å². The Balaban J connectivity index is 1.51. The van der Waals surface area contributed by atoms with E-state index in [9.17, 15) is 4.79 Å². The average molecular weight is 410 g/mol. The maximum absolute atomic E-state index is 12.6. The number of ether oxygens (including phenoxy) is 1. The molecular weight excluding hydrogens is 386 g/mol. The first-order chi connectivity index (χ1) is 14.2. The Hall–Kier alpha value is -2.63. The van der Waals surface area contributed by atoms with E-state index < -0.39 is 0 Å². The van der Waals surface area contributed by atoms with Gasteiger partial charge in [0, 0.05) is 35.5 Å². The minimum atomic E-state index is -0.00850. The number of amides is 1. The van der Waals surface area contributed by atoms with Gasteiger partial charge in [-0.15, -0.1) is 0 Å². The van der Waals surface area contributed by atoms with Crippen LogP contribution in [0, 0.1) is 0 Å². The minimum absolute atomic E-state index is 0.00850. The molecule has 1 aliphatic rings. The third-order valence-corrected chi connectivity index (χ3v) is 5.34. The molecule has 1 atom stereocenters. The molecule has 1 fully saturated rings. The van der Waals surface area contributed by atoms with Gasteiger partial charge in [0.2, 0.25) is 5.91 Å². The van der Waals surface area contributed by atoms with Crippen molar-refractivity contribution in [1.82, 2.24) is 15.1 Å². The Labute approximate surface area is 175 Å². The van der Waals surface area contributed by atoms with E-state index >= 15 is 0 Å². The predicted molar refractivity (Wildman–Crippen MR) is 114 cm³/mol.